The Kier molecular flexibility index (Phi) is 3.05. The standard InChI is InChI=1S/C18H12FN3O/c19-13-3-5-14(6-4-13)22-17-10-15(23)7-8-16(17)21-18(22)12-2-1-9-20-11-12/h1-11,23H. The number of aromatic hydroxyl groups is 1. The summed E-state index contributed by atoms with van der Waals surface area (Å²) in [5.74, 6) is 0.535. The van der Waals surface area contributed by atoms with Crippen molar-refractivity contribution in [1.29, 1.82) is 0 Å². The van der Waals surface area contributed by atoms with Crippen LogP contribution in [-0.4, -0.2) is 19.6 Å². The Morgan fingerprint density at radius 2 is 1.83 bits per heavy atom. The summed E-state index contributed by atoms with van der Waals surface area (Å²) < 4.78 is 15.1. The third kappa shape index (κ3) is 2.32. The summed E-state index contributed by atoms with van der Waals surface area (Å²) in [6, 6.07) is 14.9. The maximum Gasteiger partial charge on any atom is 0.147 e. The molecule has 1 N–H and O–H groups in total. The first-order valence-corrected chi connectivity index (χ1v) is 7.10. The lowest BCUT2D eigenvalue weighted by atomic mass is 10.2. The molecule has 2 aromatic carbocycles. The van der Waals surface area contributed by atoms with Crippen molar-refractivity contribution in [2.24, 2.45) is 0 Å². The largest absolute Gasteiger partial charge is 0.508 e. The molecule has 0 saturated heterocycles. The molecule has 0 saturated carbocycles. The van der Waals surface area contributed by atoms with Gasteiger partial charge in [0.2, 0.25) is 0 Å². The van der Waals surface area contributed by atoms with E-state index in [0.717, 1.165) is 22.3 Å². The van der Waals surface area contributed by atoms with Gasteiger partial charge in [0, 0.05) is 29.7 Å². The van der Waals surface area contributed by atoms with Gasteiger partial charge in [0.15, 0.2) is 0 Å². The highest BCUT2D eigenvalue weighted by atomic mass is 19.1. The molecule has 0 unspecified atom stereocenters. The summed E-state index contributed by atoms with van der Waals surface area (Å²) in [5, 5.41) is 9.81. The SMILES string of the molecule is Oc1ccc2nc(-c3cccnc3)n(-c3ccc(F)cc3)c2c1. The zero-order valence-electron chi connectivity index (χ0n) is 12.0. The smallest absolute Gasteiger partial charge is 0.147 e. The average molecular weight is 305 g/mol. The molecular formula is C18H12FN3O. The lowest BCUT2D eigenvalue weighted by Crippen LogP contribution is -1.97. The molecule has 0 aliphatic carbocycles. The third-order valence-electron chi connectivity index (χ3n) is 3.64. The Balaban J connectivity index is 2.06. The minimum absolute atomic E-state index is 0.151. The van der Waals surface area contributed by atoms with Crippen LogP contribution in [0.5, 0.6) is 5.75 Å². The van der Waals surface area contributed by atoms with Crippen LogP contribution in [0.15, 0.2) is 67.0 Å². The number of aromatic nitrogens is 3. The van der Waals surface area contributed by atoms with Crippen molar-refractivity contribution >= 4 is 11.0 Å². The summed E-state index contributed by atoms with van der Waals surface area (Å²) in [5.41, 5.74) is 3.09. The van der Waals surface area contributed by atoms with E-state index in [0.29, 0.717) is 5.82 Å². The molecule has 0 atom stereocenters. The Labute approximate surface area is 131 Å². The number of halogens is 1. The van der Waals surface area contributed by atoms with Crippen molar-refractivity contribution in [2.75, 3.05) is 0 Å². The topological polar surface area (TPSA) is 50.9 Å². The fourth-order valence-corrected chi connectivity index (χ4v) is 2.60. The Hall–Kier alpha value is -3.21. The number of phenolic OH excluding ortho intramolecular Hbond substituents is 1. The molecule has 4 rings (SSSR count). The van der Waals surface area contributed by atoms with E-state index in [9.17, 15) is 9.50 Å². The van der Waals surface area contributed by atoms with E-state index < -0.39 is 0 Å². The van der Waals surface area contributed by atoms with Crippen LogP contribution in [0.2, 0.25) is 0 Å². The predicted molar refractivity (Wildman–Crippen MR) is 85.9 cm³/mol. The van der Waals surface area contributed by atoms with Crippen LogP contribution in [0.3, 0.4) is 0 Å². The lowest BCUT2D eigenvalue weighted by Gasteiger charge is -2.09. The zero-order valence-corrected chi connectivity index (χ0v) is 12.0. The number of imidazole rings is 1. The van der Waals surface area contributed by atoms with Crippen LogP contribution in [0.4, 0.5) is 4.39 Å². The highest BCUT2D eigenvalue weighted by Crippen LogP contribution is 2.30. The second-order valence-corrected chi connectivity index (χ2v) is 5.16. The van der Waals surface area contributed by atoms with Crippen LogP contribution in [0.25, 0.3) is 28.1 Å². The first-order chi connectivity index (χ1) is 11.2. The molecule has 0 aliphatic heterocycles. The number of benzene rings is 2. The summed E-state index contributed by atoms with van der Waals surface area (Å²) in [4.78, 5) is 8.78. The summed E-state index contributed by atoms with van der Waals surface area (Å²) in [6.07, 6.45) is 3.42. The summed E-state index contributed by atoms with van der Waals surface area (Å²) in [6.45, 7) is 0. The van der Waals surface area contributed by atoms with Crippen molar-refractivity contribution in [3.05, 3.63) is 72.8 Å². The zero-order chi connectivity index (χ0) is 15.8. The molecule has 0 radical (unpaired) electrons. The van der Waals surface area contributed by atoms with Gasteiger partial charge in [0.1, 0.15) is 17.4 Å². The van der Waals surface area contributed by atoms with Crippen LogP contribution in [-0.2, 0) is 0 Å². The van der Waals surface area contributed by atoms with Gasteiger partial charge in [-0.3, -0.25) is 9.55 Å². The highest BCUT2D eigenvalue weighted by Gasteiger charge is 2.15. The van der Waals surface area contributed by atoms with Crippen molar-refractivity contribution in [3.8, 4) is 22.8 Å². The van der Waals surface area contributed by atoms with E-state index in [-0.39, 0.29) is 11.6 Å². The van der Waals surface area contributed by atoms with Crippen LogP contribution < -0.4 is 0 Å². The molecule has 0 spiro atoms. The molecule has 0 aliphatic rings. The fraction of sp³-hybridized carbons (Fsp3) is 0. The van der Waals surface area contributed by atoms with E-state index in [4.69, 9.17) is 0 Å². The number of hydrogen-bond acceptors (Lipinski definition) is 3. The molecule has 2 heterocycles. The monoisotopic (exact) mass is 305 g/mol. The first kappa shape index (κ1) is 13.5. The molecule has 0 bridgehead atoms. The minimum atomic E-state index is -0.302. The molecule has 5 heteroatoms. The molecule has 0 fully saturated rings. The molecule has 23 heavy (non-hydrogen) atoms. The van der Waals surface area contributed by atoms with Crippen molar-refractivity contribution in [3.63, 3.8) is 0 Å². The Morgan fingerprint density at radius 1 is 1.00 bits per heavy atom. The molecule has 0 amide bonds. The first-order valence-electron chi connectivity index (χ1n) is 7.10. The Morgan fingerprint density at radius 3 is 2.57 bits per heavy atom. The van der Waals surface area contributed by atoms with Crippen molar-refractivity contribution < 1.29 is 9.50 Å². The third-order valence-corrected chi connectivity index (χ3v) is 3.64. The second kappa shape index (κ2) is 5.21. The van der Waals surface area contributed by atoms with Crippen molar-refractivity contribution in [1.82, 2.24) is 14.5 Å². The van der Waals surface area contributed by atoms with Crippen LogP contribution in [0.1, 0.15) is 0 Å². The number of rotatable bonds is 2. The van der Waals surface area contributed by atoms with Crippen molar-refractivity contribution in [2.45, 2.75) is 0 Å². The van der Waals surface area contributed by atoms with Gasteiger partial charge in [-0.15, -0.1) is 0 Å². The maximum atomic E-state index is 13.3. The van der Waals surface area contributed by atoms with Crippen LogP contribution in [0, 0.1) is 5.82 Å². The van der Waals surface area contributed by atoms with E-state index in [1.54, 1.807) is 42.7 Å². The number of pyridine rings is 1. The maximum absolute atomic E-state index is 13.3. The van der Waals surface area contributed by atoms with E-state index in [1.165, 1.54) is 12.1 Å². The van der Waals surface area contributed by atoms with Gasteiger partial charge in [-0.2, -0.15) is 0 Å². The van der Waals surface area contributed by atoms with Gasteiger partial charge >= 0.3 is 0 Å². The predicted octanol–water partition coefficient (Wildman–Crippen LogP) is 3.93. The normalized spacial score (nSPS) is 11.0. The minimum Gasteiger partial charge on any atom is -0.508 e. The number of hydrogen-bond donors (Lipinski definition) is 1. The summed E-state index contributed by atoms with van der Waals surface area (Å²) in [7, 11) is 0. The number of phenols is 1. The van der Waals surface area contributed by atoms with Gasteiger partial charge in [-0.1, -0.05) is 0 Å². The Bertz CT molecular complexity index is 979. The van der Waals surface area contributed by atoms with Gasteiger partial charge in [-0.25, -0.2) is 9.37 Å². The second-order valence-electron chi connectivity index (χ2n) is 5.16. The number of nitrogens with zero attached hydrogens (tertiary/aromatic N) is 3. The molecule has 4 aromatic rings. The molecular weight excluding hydrogens is 293 g/mol. The van der Waals surface area contributed by atoms with Gasteiger partial charge in [-0.05, 0) is 48.5 Å². The molecule has 4 nitrogen and oxygen atoms in total. The molecule has 112 valence electrons. The average Bonchev–Trinajstić information content (AvgIpc) is 2.95. The van der Waals surface area contributed by atoms with Gasteiger partial charge in [0.05, 0.1) is 11.0 Å². The van der Waals surface area contributed by atoms with E-state index in [1.807, 2.05) is 16.7 Å². The van der Waals surface area contributed by atoms with Crippen LogP contribution >= 0.6 is 0 Å². The van der Waals surface area contributed by atoms with Gasteiger partial charge in [0.25, 0.3) is 0 Å². The van der Waals surface area contributed by atoms with E-state index >= 15 is 0 Å². The lowest BCUT2D eigenvalue weighted by molar-refractivity contribution is 0.476. The van der Waals surface area contributed by atoms with Gasteiger partial charge < -0.3 is 5.11 Å². The quantitative estimate of drug-likeness (QED) is 0.610. The fourth-order valence-electron chi connectivity index (χ4n) is 2.60. The highest BCUT2D eigenvalue weighted by molar-refractivity contribution is 5.84. The van der Waals surface area contributed by atoms with E-state index in [2.05, 4.69) is 9.97 Å². The number of fused-ring (bicyclic) bond motifs is 1. The molecule has 2 aromatic heterocycles. The summed E-state index contributed by atoms with van der Waals surface area (Å²) >= 11 is 0.